The van der Waals surface area contributed by atoms with Crippen molar-refractivity contribution >= 4 is 10.0 Å². The second kappa shape index (κ2) is 7.89. The summed E-state index contributed by atoms with van der Waals surface area (Å²) in [4.78, 5) is 0.289. The highest BCUT2D eigenvalue weighted by molar-refractivity contribution is 7.89. The lowest BCUT2D eigenvalue weighted by Gasteiger charge is -2.14. The molecule has 1 aromatic rings. The van der Waals surface area contributed by atoms with Crippen LogP contribution in [0, 0.1) is 6.92 Å². The number of rotatable bonds is 8. The number of hydrogen-bond acceptors (Lipinski definition) is 4. The fourth-order valence-electron chi connectivity index (χ4n) is 1.71. The van der Waals surface area contributed by atoms with Crippen LogP contribution in [0.25, 0.3) is 0 Å². The van der Waals surface area contributed by atoms with E-state index in [9.17, 15) is 8.42 Å². The predicted molar refractivity (Wildman–Crippen MR) is 84.8 cm³/mol. The zero-order valence-corrected chi connectivity index (χ0v) is 14.3. The molecule has 0 amide bonds. The first-order valence-corrected chi connectivity index (χ1v) is 8.60. The maximum Gasteiger partial charge on any atom is 0.240 e. The van der Waals surface area contributed by atoms with Crippen molar-refractivity contribution in [2.24, 2.45) is 0 Å². The summed E-state index contributed by atoms with van der Waals surface area (Å²) >= 11 is 0. The van der Waals surface area contributed by atoms with Crippen LogP contribution in [0.4, 0.5) is 0 Å². The minimum Gasteiger partial charge on any atom is -0.380 e. The van der Waals surface area contributed by atoms with Crippen molar-refractivity contribution < 1.29 is 13.2 Å². The van der Waals surface area contributed by atoms with Crippen molar-refractivity contribution in [3.8, 4) is 0 Å². The average Bonchev–Trinajstić information content (AvgIpc) is 2.43. The van der Waals surface area contributed by atoms with Crippen LogP contribution in [-0.2, 0) is 21.3 Å². The first kappa shape index (κ1) is 18.1. The average molecular weight is 314 g/mol. The number of aryl methyl sites for hydroxylation is 1. The smallest absolute Gasteiger partial charge is 0.240 e. The molecule has 1 rings (SSSR count). The molecule has 5 nitrogen and oxygen atoms in total. The summed E-state index contributed by atoms with van der Waals surface area (Å²) in [5, 5.41) is 3.31. The highest BCUT2D eigenvalue weighted by atomic mass is 32.2. The van der Waals surface area contributed by atoms with Crippen LogP contribution < -0.4 is 10.0 Å². The molecule has 0 saturated carbocycles. The van der Waals surface area contributed by atoms with E-state index in [1.807, 2.05) is 19.9 Å². The van der Waals surface area contributed by atoms with Crippen molar-refractivity contribution in [3.63, 3.8) is 0 Å². The lowest BCUT2D eigenvalue weighted by molar-refractivity contribution is 0.122. The third kappa shape index (κ3) is 5.74. The summed E-state index contributed by atoms with van der Waals surface area (Å²) in [6.07, 6.45) is -0.160. The van der Waals surface area contributed by atoms with Gasteiger partial charge in [-0.15, -0.1) is 0 Å². The van der Waals surface area contributed by atoms with Gasteiger partial charge in [0.25, 0.3) is 0 Å². The van der Waals surface area contributed by atoms with Gasteiger partial charge in [0.1, 0.15) is 0 Å². The highest BCUT2D eigenvalue weighted by Gasteiger charge is 2.16. The maximum atomic E-state index is 12.3. The van der Waals surface area contributed by atoms with E-state index in [2.05, 4.69) is 23.9 Å². The van der Waals surface area contributed by atoms with Gasteiger partial charge in [-0.1, -0.05) is 19.9 Å². The van der Waals surface area contributed by atoms with Crippen LogP contribution in [0.5, 0.6) is 0 Å². The molecule has 0 spiro atoms. The SMILES string of the molecule is COC(C)CNS(=O)(=O)c1ccc(C)c(CNC(C)C)c1. The Balaban J connectivity index is 2.89. The predicted octanol–water partition coefficient (Wildman–Crippen LogP) is 1.81. The fourth-order valence-corrected chi connectivity index (χ4v) is 2.88. The molecule has 0 bridgehead atoms. The number of nitrogens with one attached hydrogen (secondary N) is 2. The van der Waals surface area contributed by atoms with Gasteiger partial charge in [-0.05, 0) is 37.1 Å². The van der Waals surface area contributed by atoms with Gasteiger partial charge in [0.05, 0.1) is 11.0 Å². The first-order valence-electron chi connectivity index (χ1n) is 7.11. The first-order chi connectivity index (χ1) is 9.76. The van der Waals surface area contributed by atoms with Crippen molar-refractivity contribution in [3.05, 3.63) is 29.3 Å². The molecule has 0 aliphatic heterocycles. The molecule has 0 aliphatic rings. The van der Waals surface area contributed by atoms with Gasteiger partial charge in [0.15, 0.2) is 0 Å². The molecule has 0 heterocycles. The molecule has 0 aromatic heterocycles. The Hall–Kier alpha value is -0.950. The zero-order valence-electron chi connectivity index (χ0n) is 13.4. The Bertz CT molecular complexity index is 556. The molecule has 120 valence electrons. The second-order valence-corrected chi connectivity index (χ2v) is 7.29. The molecule has 1 aromatic carbocycles. The molecule has 0 radical (unpaired) electrons. The molecule has 21 heavy (non-hydrogen) atoms. The van der Waals surface area contributed by atoms with Crippen LogP contribution in [-0.4, -0.2) is 34.2 Å². The lowest BCUT2D eigenvalue weighted by Crippen LogP contribution is -2.31. The van der Waals surface area contributed by atoms with E-state index >= 15 is 0 Å². The van der Waals surface area contributed by atoms with Crippen molar-refractivity contribution in [2.45, 2.75) is 51.3 Å². The molecule has 1 unspecified atom stereocenters. The molecule has 0 aliphatic carbocycles. The van der Waals surface area contributed by atoms with E-state index in [1.165, 1.54) is 0 Å². The molecule has 1 atom stereocenters. The van der Waals surface area contributed by atoms with E-state index in [1.54, 1.807) is 19.2 Å². The molecule has 2 N–H and O–H groups in total. The molecule has 6 heteroatoms. The summed E-state index contributed by atoms with van der Waals surface area (Å²) < 4.78 is 32.2. The van der Waals surface area contributed by atoms with E-state index in [0.29, 0.717) is 12.6 Å². The van der Waals surface area contributed by atoms with Gasteiger partial charge in [0, 0.05) is 26.2 Å². The van der Waals surface area contributed by atoms with E-state index in [-0.39, 0.29) is 17.5 Å². The van der Waals surface area contributed by atoms with Crippen LogP contribution in [0.1, 0.15) is 31.9 Å². The Kier molecular flexibility index (Phi) is 6.80. The Morgan fingerprint density at radius 3 is 2.48 bits per heavy atom. The van der Waals surface area contributed by atoms with Crippen LogP contribution in [0.15, 0.2) is 23.1 Å². The van der Waals surface area contributed by atoms with Gasteiger partial charge < -0.3 is 10.1 Å². The van der Waals surface area contributed by atoms with Gasteiger partial charge in [-0.3, -0.25) is 0 Å². The van der Waals surface area contributed by atoms with Gasteiger partial charge in [-0.2, -0.15) is 0 Å². The van der Waals surface area contributed by atoms with Crippen LogP contribution in [0.2, 0.25) is 0 Å². The third-order valence-corrected chi connectivity index (χ3v) is 4.72. The quantitative estimate of drug-likeness (QED) is 0.768. The van der Waals surface area contributed by atoms with Crippen LogP contribution >= 0.6 is 0 Å². The minimum atomic E-state index is -3.50. The van der Waals surface area contributed by atoms with Gasteiger partial charge in [-0.25, -0.2) is 13.1 Å². The fraction of sp³-hybridized carbons (Fsp3) is 0.600. The third-order valence-electron chi connectivity index (χ3n) is 3.29. The van der Waals surface area contributed by atoms with Crippen molar-refractivity contribution in [2.75, 3.05) is 13.7 Å². The van der Waals surface area contributed by atoms with Crippen molar-refractivity contribution in [1.29, 1.82) is 0 Å². The standard InChI is InChI=1S/C15H26N2O3S/c1-11(2)16-10-14-8-15(7-6-12(14)3)21(18,19)17-9-13(4)20-5/h6-8,11,13,16-17H,9-10H2,1-5H3. The van der Waals surface area contributed by atoms with E-state index in [4.69, 9.17) is 4.74 Å². The maximum absolute atomic E-state index is 12.3. The Morgan fingerprint density at radius 1 is 1.24 bits per heavy atom. The van der Waals surface area contributed by atoms with E-state index in [0.717, 1.165) is 11.1 Å². The van der Waals surface area contributed by atoms with Gasteiger partial charge >= 0.3 is 0 Å². The number of methoxy groups -OCH3 is 1. The normalized spacial score (nSPS) is 13.6. The Morgan fingerprint density at radius 2 is 1.90 bits per heavy atom. The summed E-state index contributed by atoms with van der Waals surface area (Å²) in [5.41, 5.74) is 2.07. The Labute approximate surface area is 128 Å². The zero-order chi connectivity index (χ0) is 16.0. The lowest BCUT2D eigenvalue weighted by atomic mass is 10.1. The van der Waals surface area contributed by atoms with Crippen LogP contribution in [0.3, 0.4) is 0 Å². The highest BCUT2D eigenvalue weighted by Crippen LogP contribution is 2.16. The van der Waals surface area contributed by atoms with E-state index < -0.39 is 10.0 Å². The largest absolute Gasteiger partial charge is 0.380 e. The summed E-state index contributed by atoms with van der Waals surface area (Å²) in [5.74, 6) is 0. The molecule has 0 saturated heterocycles. The number of ether oxygens (including phenoxy) is 1. The topological polar surface area (TPSA) is 67.4 Å². The second-order valence-electron chi connectivity index (χ2n) is 5.52. The molecular weight excluding hydrogens is 288 g/mol. The number of benzene rings is 1. The van der Waals surface area contributed by atoms with Gasteiger partial charge in [0.2, 0.25) is 10.0 Å². The minimum absolute atomic E-state index is 0.160. The number of hydrogen-bond donors (Lipinski definition) is 2. The number of sulfonamides is 1. The molecular formula is C15H26N2O3S. The summed E-state index contributed by atoms with van der Waals surface area (Å²) in [6.45, 7) is 8.82. The monoisotopic (exact) mass is 314 g/mol. The molecule has 0 fully saturated rings. The summed E-state index contributed by atoms with van der Waals surface area (Å²) in [7, 11) is -1.94. The summed E-state index contributed by atoms with van der Waals surface area (Å²) in [6, 6.07) is 5.55. The van der Waals surface area contributed by atoms with Crippen molar-refractivity contribution in [1.82, 2.24) is 10.0 Å².